The molecule has 0 amide bonds. The predicted molar refractivity (Wildman–Crippen MR) is 69.8 cm³/mol. The normalized spacial score (nSPS) is 11.0. The summed E-state index contributed by atoms with van der Waals surface area (Å²) in [5, 5.41) is 0. The SMILES string of the molecule is C=COC(=O)CCc1ccc(C(C)(C)C)cc1. The van der Waals surface area contributed by atoms with Gasteiger partial charge in [-0.2, -0.15) is 0 Å². The third kappa shape index (κ3) is 4.43. The van der Waals surface area contributed by atoms with Crippen LogP contribution in [0.1, 0.15) is 38.3 Å². The molecule has 92 valence electrons. The number of ether oxygens (including phenoxy) is 1. The second-order valence-corrected chi connectivity index (χ2v) is 5.10. The first-order valence-electron chi connectivity index (χ1n) is 5.83. The number of hydrogen-bond donors (Lipinski definition) is 0. The van der Waals surface area contributed by atoms with E-state index in [0.29, 0.717) is 12.8 Å². The van der Waals surface area contributed by atoms with E-state index >= 15 is 0 Å². The molecule has 17 heavy (non-hydrogen) atoms. The van der Waals surface area contributed by atoms with E-state index in [0.717, 1.165) is 5.56 Å². The molecule has 0 aliphatic carbocycles. The Bertz CT molecular complexity index is 382. The number of carbonyl (C=O) groups excluding carboxylic acids is 1. The van der Waals surface area contributed by atoms with Gasteiger partial charge in [0, 0.05) is 6.42 Å². The molecule has 0 unspecified atom stereocenters. The third-order valence-electron chi connectivity index (χ3n) is 2.65. The lowest BCUT2D eigenvalue weighted by atomic mass is 9.86. The second-order valence-electron chi connectivity index (χ2n) is 5.10. The van der Waals surface area contributed by atoms with Gasteiger partial charge in [0.05, 0.1) is 6.26 Å². The molecule has 0 saturated carbocycles. The summed E-state index contributed by atoms with van der Waals surface area (Å²) in [7, 11) is 0. The molecular weight excluding hydrogens is 212 g/mol. The molecule has 0 aliphatic heterocycles. The van der Waals surface area contributed by atoms with Gasteiger partial charge in [-0.15, -0.1) is 0 Å². The number of rotatable bonds is 4. The summed E-state index contributed by atoms with van der Waals surface area (Å²) in [6.45, 7) is 9.90. The zero-order valence-electron chi connectivity index (χ0n) is 10.8. The highest BCUT2D eigenvalue weighted by atomic mass is 16.5. The summed E-state index contributed by atoms with van der Waals surface area (Å²) in [5.74, 6) is -0.236. The summed E-state index contributed by atoms with van der Waals surface area (Å²) in [6, 6.07) is 8.38. The Kier molecular flexibility index (Phi) is 4.50. The molecule has 0 bridgehead atoms. The van der Waals surface area contributed by atoms with E-state index in [1.54, 1.807) is 0 Å². The van der Waals surface area contributed by atoms with Gasteiger partial charge in [0.25, 0.3) is 0 Å². The molecule has 1 aromatic rings. The van der Waals surface area contributed by atoms with E-state index in [1.165, 1.54) is 11.8 Å². The lowest BCUT2D eigenvalue weighted by molar-refractivity contribution is -0.137. The molecule has 0 aliphatic rings. The van der Waals surface area contributed by atoms with Crippen molar-refractivity contribution in [3.05, 3.63) is 48.2 Å². The first-order valence-corrected chi connectivity index (χ1v) is 5.83. The van der Waals surface area contributed by atoms with Crippen LogP contribution in [-0.2, 0) is 21.4 Å². The van der Waals surface area contributed by atoms with E-state index < -0.39 is 0 Å². The van der Waals surface area contributed by atoms with E-state index in [-0.39, 0.29) is 11.4 Å². The number of benzene rings is 1. The molecule has 2 nitrogen and oxygen atoms in total. The van der Waals surface area contributed by atoms with Crippen LogP contribution in [-0.4, -0.2) is 5.97 Å². The van der Waals surface area contributed by atoms with Crippen molar-refractivity contribution in [3.8, 4) is 0 Å². The van der Waals surface area contributed by atoms with Gasteiger partial charge in [-0.1, -0.05) is 51.6 Å². The summed E-state index contributed by atoms with van der Waals surface area (Å²) in [5.41, 5.74) is 2.62. The number of hydrogen-bond acceptors (Lipinski definition) is 2. The van der Waals surface area contributed by atoms with Crippen molar-refractivity contribution in [1.29, 1.82) is 0 Å². The van der Waals surface area contributed by atoms with Crippen LogP contribution in [0.4, 0.5) is 0 Å². The molecule has 0 heterocycles. The lowest BCUT2D eigenvalue weighted by Crippen LogP contribution is -2.10. The highest BCUT2D eigenvalue weighted by Crippen LogP contribution is 2.22. The minimum absolute atomic E-state index is 0.167. The van der Waals surface area contributed by atoms with Crippen LogP contribution >= 0.6 is 0 Å². The van der Waals surface area contributed by atoms with Crippen molar-refractivity contribution < 1.29 is 9.53 Å². The molecule has 0 saturated heterocycles. The number of esters is 1. The minimum atomic E-state index is -0.236. The minimum Gasteiger partial charge on any atom is -0.435 e. The highest BCUT2D eigenvalue weighted by Gasteiger charge is 2.12. The number of aryl methyl sites for hydroxylation is 1. The average molecular weight is 232 g/mol. The van der Waals surface area contributed by atoms with Crippen molar-refractivity contribution in [2.24, 2.45) is 0 Å². The van der Waals surface area contributed by atoms with Gasteiger partial charge < -0.3 is 4.74 Å². The second kappa shape index (κ2) is 5.67. The maximum Gasteiger partial charge on any atom is 0.310 e. The molecular formula is C15H20O2. The maximum atomic E-state index is 11.1. The molecule has 0 fully saturated rings. The van der Waals surface area contributed by atoms with Gasteiger partial charge in [-0.3, -0.25) is 4.79 Å². The van der Waals surface area contributed by atoms with Crippen LogP contribution in [0.25, 0.3) is 0 Å². The summed E-state index contributed by atoms with van der Waals surface area (Å²) in [6.07, 6.45) is 2.27. The fourth-order valence-corrected chi connectivity index (χ4v) is 1.57. The van der Waals surface area contributed by atoms with Crippen LogP contribution in [0, 0.1) is 0 Å². The van der Waals surface area contributed by atoms with Crippen LogP contribution < -0.4 is 0 Å². The van der Waals surface area contributed by atoms with E-state index in [2.05, 4.69) is 56.4 Å². The van der Waals surface area contributed by atoms with Crippen molar-refractivity contribution in [2.75, 3.05) is 0 Å². The smallest absolute Gasteiger partial charge is 0.310 e. The molecule has 2 heteroatoms. The van der Waals surface area contributed by atoms with Crippen LogP contribution in [0.5, 0.6) is 0 Å². The molecule has 0 spiro atoms. The Morgan fingerprint density at radius 3 is 2.35 bits per heavy atom. The third-order valence-corrected chi connectivity index (χ3v) is 2.65. The van der Waals surface area contributed by atoms with Gasteiger partial charge in [0.2, 0.25) is 0 Å². The monoisotopic (exact) mass is 232 g/mol. The quantitative estimate of drug-likeness (QED) is 0.585. The summed E-state index contributed by atoms with van der Waals surface area (Å²) >= 11 is 0. The van der Waals surface area contributed by atoms with Crippen molar-refractivity contribution in [2.45, 2.75) is 39.0 Å². The topological polar surface area (TPSA) is 26.3 Å². The Morgan fingerprint density at radius 1 is 1.29 bits per heavy atom. The van der Waals surface area contributed by atoms with E-state index in [9.17, 15) is 4.79 Å². The molecule has 1 rings (SSSR count). The van der Waals surface area contributed by atoms with Crippen LogP contribution in [0.3, 0.4) is 0 Å². The molecule has 0 radical (unpaired) electrons. The molecule has 1 aromatic carbocycles. The number of carbonyl (C=O) groups is 1. The van der Waals surface area contributed by atoms with Crippen molar-refractivity contribution >= 4 is 5.97 Å². The van der Waals surface area contributed by atoms with Crippen molar-refractivity contribution in [3.63, 3.8) is 0 Å². The lowest BCUT2D eigenvalue weighted by Gasteiger charge is -2.19. The molecule has 0 atom stereocenters. The van der Waals surface area contributed by atoms with Crippen LogP contribution in [0.15, 0.2) is 37.1 Å². The first-order chi connectivity index (χ1) is 7.93. The van der Waals surface area contributed by atoms with E-state index in [1.807, 2.05) is 0 Å². The van der Waals surface area contributed by atoms with Gasteiger partial charge in [-0.25, -0.2) is 0 Å². The van der Waals surface area contributed by atoms with Crippen LogP contribution in [0.2, 0.25) is 0 Å². The zero-order valence-corrected chi connectivity index (χ0v) is 10.8. The predicted octanol–water partition coefficient (Wildman–Crippen LogP) is 3.60. The Balaban J connectivity index is 2.57. The Labute approximate surface area is 103 Å². The average Bonchev–Trinajstić information content (AvgIpc) is 2.26. The Morgan fingerprint density at radius 2 is 1.88 bits per heavy atom. The summed E-state index contributed by atoms with van der Waals surface area (Å²) < 4.78 is 4.67. The zero-order chi connectivity index (χ0) is 12.9. The highest BCUT2D eigenvalue weighted by molar-refractivity contribution is 5.70. The maximum absolute atomic E-state index is 11.1. The Hall–Kier alpha value is -1.57. The van der Waals surface area contributed by atoms with Gasteiger partial charge in [0.1, 0.15) is 0 Å². The van der Waals surface area contributed by atoms with E-state index in [4.69, 9.17) is 0 Å². The standard InChI is InChI=1S/C15H20O2/c1-5-17-14(16)11-8-12-6-9-13(10-7-12)15(2,3)4/h5-7,9-10H,1,8,11H2,2-4H3. The van der Waals surface area contributed by atoms with Gasteiger partial charge in [0.15, 0.2) is 0 Å². The van der Waals surface area contributed by atoms with Gasteiger partial charge >= 0.3 is 5.97 Å². The fraction of sp³-hybridized carbons (Fsp3) is 0.400. The molecule has 0 aromatic heterocycles. The largest absolute Gasteiger partial charge is 0.435 e. The first kappa shape index (κ1) is 13.5. The fourth-order valence-electron chi connectivity index (χ4n) is 1.57. The van der Waals surface area contributed by atoms with Gasteiger partial charge in [-0.05, 0) is 23.0 Å². The summed E-state index contributed by atoms with van der Waals surface area (Å²) in [4.78, 5) is 11.1. The van der Waals surface area contributed by atoms with Crippen molar-refractivity contribution in [1.82, 2.24) is 0 Å². The molecule has 0 N–H and O–H groups in total.